The minimum Gasteiger partial charge on any atom is -0.477 e. The molecule has 2 N–H and O–H groups in total. The SMILES string of the molecule is Cc1nnc(SCC2=C(C(=O)O)N3C(=O)[C@@H](NC(=O)[C@H](C)Cn4nc([N+](=O)[O-])cc4C)[C@H]3SC2)s1. The molecule has 0 unspecified atom stereocenters. The van der Waals surface area contributed by atoms with Gasteiger partial charge >= 0.3 is 11.8 Å². The second-order valence-electron chi connectivity index (χ2n) is 8.01. The Labute approximate surface area is 211 Å². The van der Waals surface area contributed by atoms with Crippen LogP contribution in [0, 0.1) is 29.9 Å². The summed E-state index contributed by atoms with van der Waals surface area (Å²) in [5, 5.41) is 35.6. The van der Waals surface area contributed by atoms with Crippen LogP contribution in [0.4, 0.5) is 5.82 Å². The smallest absolute Gasteiger partial charge is 0.390 e. The summed E-state index contributed by atoms with van der Waals surface area (Å²) < 4.78 is 2.10. The number of nitro groups is 1. The molecule has 2 aromatic heterocycles. The Morgan fingerprint density at radius 2 is 2.14 bits per heavy atom. The highest BCUT2D eigenvalue weighted by Gasteiger charge is 2.54. The number of hydrogen-bond acceptors (Lipinski definition) is 11. The van der Waals surface area contributed by atoms with E-state index in [4.69, 9.17) is 0 Å². The molecule has 1 saturated heterocycles. The number of thioether (sulfide) groups is 2. The van der Waals surface area contributed by atoms with Crippen molar-refractivity contribution >= 4 is 58.5 Å². The third-order valence-corrected chi connectivity index (χ3v) is 8.87. The van der Waals surface area contributed by atoms with Crippen molar-refractivity contribution in [3.63, 3.8) is 0 Å². The summed E-state index contributed by atoms with van der Waals surface area (Å²) in [4.78, 5) is 49.2. The van der Waals surface area contributed by atoms with Gasteiger partial charge in [-0.25, -0.2) is 4.79 Å². The van der Waals surface area contributed by atoms with E-state index in [1.807, 2.05) is 6.92 Å². The lowest BCUT2D eigenvalue weighted by atomic mass is 10.0. The highest BCUT2D eigenvalue weighted by molar-refractivity contribution is 8.01. The Morgan fingerprint density at radius 1 is 1.40 bits per heavy atom. The summed E-state index contributed by atoms with van der Waals surface area (Å²) in [7, 11) is 0. The van der Waals surface area contributed by atoms with Crippen molar-refractivity contribution in [2.45, 2.75) is 43.1 Å². The molecule has 35 heavy (non-hydrogen) atoms. The van der Waals surface area contributed by atoms with Crippen LogP contribution in [-0.4, -0.2) is 75.6 Å². The van der Waals surface area contributed by atoms with Gasteiger partial charge in [0.15, 0.2) is 4.34 Å². The highest BCUT2D eigenvalue weighted by atomic mass is 32.2. The second-order valence-corrected chi connectivity index (χ2v) is 11.5. The number of aryl methyl sites for hydroxylation is 2. The highest BCUT2D eigenvalue weighted by Crippen LogP contribution is 2.41. The van der Waals surface area contributed by atoms with Crippen LogP contribution >= 0.6 is 34.9 Å². The van der Waals surface area contributed by atoms with Gasteiger partial charge in [-0.2, -0.15) is 4.68 Å². The largest absolute Gasteiger partial charge is 0.477 e. The third-order valence-electron chi connectivity index (χ3n) is 5.47. The number of rotatable bonds is 9. The van der Waals surface area contributed by atoms with Crippen molar-refractivity contribution in [3.8, 4) is 0 Å². The first kappa shape index (κ1) is 25.1. The second kappa shape index (κ2) is 9.94. The zero-order valence-electron chi connectivity index (χ0n) is 18.8. The first-order valence-electron chi connectivity index (χ1n) is 10.4. The van der Waals surface area contributed by atoms with E-state index in [9.17, 15) is 29.6 Å². The molecule has 0 radical (unpaired) electrons. The Balaban J connectivity index is 1.40. The maximum absolute atomic E-state index is 12.9. The van der Waals surface area contributed by atoms with Crippen molar-refractivity contribution in [1.29, 1.82) is 0 Å². The minimum absolute atomic E-state index is 0.0505. The molecule has 0 aromatic carbocycles. The van der Waals surface area contributed by atoms with Gasteiger partial charge in [0.05, 0.1) is 29.3 Å². The quantitative estimate of drug-likeness (QED) is 0.204. The van der Waals surface area contributed by atoms with E-state index in [2.05, 4.69) is 20.6 Å². The lowest BCUT2D eigenvalue weighted by Crippen LogP contribution is -2.71. The standard InChI is InChI=1S/C19H21N7O6S3/c1-8(5-24-9(2)4-12(23-24)26(31)32)15(27)20-13-16(28)25-14(18(29)30)11(6-33-17(13)25)7-34-19-22-21-10(3)35-19/h4,8,13,17H,5-7H2,1-3H3,(H,20,27)(H,29,30)/t8-,13-,17-/m1/s1. The number of β-lactam (4-membered cyclic amide) rings is 1. The summed E-state index contributed by atoms with van der Waals surface area (Å²) in [6.45, 7) is 5.21. The molecule has 3 atom stereocenters. The molecule has 2 aliphatic heterocycles. The number of aliphatic carboxylic acids is 1. The Bertz CT molecular complexity index is 1240. The van der Waals surface area contributed by atoms with Crippen LogP contribution in [0.5, 0.6) is 0 Å². The number of nitrogens with zero attached hydrogens (tertiary/aromatic N) is 6. The average molecular weight is 540 g/mol. The molecule has 4 rings (SSSR count). The van der Waals surface area contributed by atoms with E-state index in [0.717, 1.165) is 9.35 Å². The van der Waals surface area contributed by atoms with Crippen LogP contribution in [0.2, 0.25) is 0 Å². The van der Waals surface area contributed by atoms with E-state index >= 15 is 0 Å². The molecule has 1 fully saturated rings. The maximum atomic E-state index is 12.9. The van der Waals surface area contributed by atoms with Crippen LogP contribution in [0.3, 0.4) is 0 Å². The molecule has 0 bridgehead atoms. The number of carbonyl (C=O) groups is 3. The number of nitrogens with one attached hydrogen (secondary N) is 1. The van der Waals surface area contributed by atoms with Crippen molar-refractivity contribution in [1.82, 2.24) is 30.2 Å². The molecular weight excluding hydrogens is 518 g/mol. The first-order valence-corrected chi connectivity index (χ1v) is 13.2. The number of fused-ring (bicyclic) bond motifs is 1. The number of amides is 2. The zero-order chi connectivity index (χ0) is 25.4. The third kappa shape index (κ3) is 5.04. The molecule has 0 aliphatic carbocycles. The van der Waals surface area contributed by atoms with E-state index in [-0.39, 0.29) is 18.1 Å². The number of hydrogen-bond donors (Lipinski definition) is 2. The number of carboxylic acid groups (broad SMARTS) is 1. The molecule has 16 heteroatoms. The van der Waals surface area contributed by atoms with Gasteiger partial charge in [0.1, 0.15) is 22.1 Å². The molecule has 2 aromatic rings. The van der Waals surface area contributed by atoms with Gasteiger partial charge in [0.2, 0.25) is 5.91 Å². The lowest BCUT2D eigenvalue weighted by Gasteiger charge is -2.49. The van der Waals surface area contributed by atoms with Crippen molar-refractivity contribution in [2.24, 2.45) is 5.92 Å². The normalized spacial score (nSPS) is 20.3. The van der Waals surface area contributed by atoms with E-state index in [0.29, 0.717) is 22.8 Å². The molecule has 4 heterocycles. The fraction of sp³-hybridized carbons (Fsp3) is 0.474. The number of aromatic nitrogens is 4. The van der Waals surface area contributed by atoms with Gasteiger partial charge < -0.3 is 20.5 Å². The summed E-state index contributed by atoms with van der Waals surface area (Å²) >= 11 is 4.17. The van der Waals surface area contributed by atoms with Gasteiger partial charge in [-0.1, -0.05) is 30.0 Å². The molecular formula is C19H21N7O6S3. The number of carbonyl (C=O) groups excluding carboxylic acids is 2. The lowest BCUT2D eigenvalue weighted by molar-refractivity contribution is -0.389. The predicted octanol–water partition coefficient (Wildman–Crippen LogP) is 1.43. The maximum Gasteiger partial charge on any atom is 0.390 e. The van der Waals surface area contributed by atoms with E-state index in [1.165, 1.54) is 50.5 Å². The van der Waals surface area contributed by atoms with Crippen LogP contribution in [0.15, 0.2) is 21.7 Å². The summed E-state index contributed by atoms with van der Waals surface area (Å²) in [6.07, 6.45) is 0. The van der Waals surface area contributed by atoms with Crippen LogP contribution in [-0.2, 0) is 20.9 Å². The summed E-state index contributed by atoms with van der Waals surface area (Å²) in [6, 6.07) is 0.468. The summed E-state index contributed by atoms with van der Waals surface area (Å²) in [5.74, 6) is -2.26. The fourth-order valence-electron chi connectivity index (χ4n) is 3.68. The van der Waals surface area contributed by atoms with Gasteiger partial charge in [0, 0.05) is 11.5 Å². The predicted molar refractivity (Wildman–Crippen MR) is 128 cm³/mol. The Hall–Kier alpha value is -2.98. The first-order chi connectivity index (χ1) is 16.6. The molecule has 0 spiro atoms. The monoisotopic (exact) mass is 539 g/mol. The van der Waals surface area contributed by atoms with E-state index in [1.54, 1.807) is 13.8 Å². The molecule has 13 nitrogen and oxygen atoms in total. The van der Waals surface area contributed by atoms with Gasteiger partial charge in [0.25, 0.3) is 5.91 Å². The zero-order valence-corrected chi connectivity index (χ0v) is 21.3. The summed E-state index contributed by atoms with van der Waals surface area (Å²) in [5.41, 5.74) is 1.10. The van der Waals surface area contributed by atoms with Crippen molar-refractivity contribution < 1.29 is 24.4 Å². The average Bonchev–Trinajstić information content (AvgIpc) is 3.39. The topological polar surface area (TPSA) is 173 Å². The molecule has 2 aliphatic rings. The van der Waals surface area contributed by atoms with Crippen molar-refractivity contribution in [3.05, 3.63) is 38.2 Å². The van der Waals surface area contributed by atoms with Crippen LogP contribution in [0.25, 0.3) is 0 Å². The fourth-order valence-corrected chi connectivity index (χ4v) is 6.99. The van der Waals surface area contributed by atoms with E-state index < -0.39 is 40.0 Å². The van der Waals surface area contributed by atoms with Gasteiger partial charge in [-0.15, -0.1) is 22.0 Å². The van der Waals surface area contributed by atoms with Gasteiger partial charge in [-0.3, -0.25) is 14.5 Å². The molecule has 0 saturated carbocycles. The van der Waals surface area contributed by atoms with Crippen LogP contribution < -0.4 is 5.32 Å². The minimum atomic E-state index is -1.19. The Kier molecular flexibility index (Phi) is 7.14. The number of carboxylic acids is 1. The van der Waals surface area contributed by atoms with Gasteiger partial charge in [-0.05, 0) is 24.3 Å². The Morgan fingerprint density at radius 3 is 2.74 bits per heavy atom. The molecule has 2 amide bonds. The van der Waals surface area contributed by atoms with Crippen LogP contribution in [0.1, 0.15) is 17.6 Å². The molecule has 186 valence electrons. The van der Waals surface area contributed by atoms with Crippen molar-refractivity contribution in [2.75, 3.05) is 11.5 Å².